The Morgan fingerprint density at radius 3 is 2.90 bits per heavy atom. The summed E-state index contributed by atoms with van der Waals surface area (Å²) in [6.07, 6.45) is 2.25. The monoisotopic (exact) mass is 423 g/mol. The summed E-state index contributed by atoms with van der Waals surface area (Å²) in [5.41, 5.74) is 4.83. The maximum Gasteiger partial charge on any atom is 0.419 e. The Hall–Kier alpha value is -3.04. The van der Waals surface area contributed by atoms with E-state index in [2.05, 4.69) is 10.1 Å². The summed E-state index contributed by atoms with van der Waals surface area (Å²) in [6, 6.07) is 3.34. The van der Waals surface area contributed by atoms with Crippen molar-refractivity contribution in [3.8, 4) is 17.1 Å². The number of aromatic nitrogens is 2. The standard InChI is InChI=1S/C20H24F3N5O2/c1-2-3-4-5-11-29-16-9-8-13(12-14(16)20(21,22)23)17-26-18(30-27-17)15-7-6-10-28(15)19(24)25/h4-5,8-9,12,15H,2-3,6-7,10-11H2,1H3,(H3,24,25)/t15-/m0/s1. The largest absolute Gasteiger partial charge is 0.489 e. The first-order valence-corrected chi connectivity index (χ1v) is 9.75. The van der Waals surface area contributed by atoms with Gasteiger partial charge in [0, 0.05) is 12.1 Å². The molecule has 0 aliphatic carbocycles. The molecule has 1 aliphatic rings. The summed E-state index contributed by atoms with van der Waals surface area (Å²) in [4.78, 5) is 5.88. The number of unbranched alkanes of at least 4 members (excludes halogenated alkanes) is 1. The van der Waals surface area contributed by atoms with Gasteiger partial charge in [0.2, 0.25) is 11.7 Å². The van der Waals surface area contributed by atoms with E-state index >= 15 is 0 Å². The van der Waals surface area contributed by atoms with Gasteiger partial charge >= 0.3 is 6.18 Å². The molecular weight excluding hydrogens is 399 g/mol. The lowest BCUT2D eigenvalue weighted by Gasteiger charge is -2.21. The van der Waals surface area contributed by atoms with Crippen molar-refractivity contribution in [3.05, 3.63) is 41.8 Å². The number of benzene rings is 1. The maximum absolute atomic E-state index is 13.6. The van der Waals surface area contributed by atoms with Crippen LogP contribution in [0.25, 0.3) is 11.4 Å². The normalized spacial score (nSPS) is 17.1. The molecule has 162 valence electrons. The highest BCUT2D eigenvalue weighted by Gasteiger charge is 2.36. The maximum atomic E-state index is 13.6. The van der Waals surface area contributed by atoms with Gasteiger partial charge in [-0.15, -0.1) is 0 Å². The minimum atomic E-state index is -4.60. The molecule has 1 saturated heterocycles. The molecule has 0 radical (unpaired) electrons. The van der Waals surface area contributed by atoms with Crippen LogP contribution in [0.1, 0.15) is 50.1 Å². The molecule has 0 bridgehead atoms. The predicted molar refractivity (Wildman–Crippen MR) is 105 cm³/mol. The van der Waals surface area contributed by atoms with Crippen LogP contribution >= 0.6 is 0 Å². The van der Waals surface area contributed by atoms with Gasteiger partial charge in [0.1, 0.15) is 18.4 Å². The topological polar surface area (TPSA) is 101 Å². The minimum Gasteiger partial charge on any atom is -0.489 e. The highest BCUT2D eigenvalue weighted by Crippen LogP contribution is 2.39. The van der Waals surface area contributed by atoms with E-state index in [1.54, 1.807) is 11.0 Å². The number of allylic oxidation sites excluding steroid dienone is 1. The van der Waals surface area contributed by atoms with Crippen LogP contribution < -0.4 is 10.5 Å². The van der Waals surface area contributed by atoms with Crippen molar-refractivity contribution in [1.82, 2.24) is 15.0 Å². The van der Waals surface area contributed by atoms with Crippen molar-refractivity contribution in [3.63, 3.8) is 0 Å². The molecule has 3 rings (SSSR count). The van der Waals surface area contributed by atoms with E-state index in [9.17, 15) is 13.2 Å². The number of hydrogen-bond donors (Lipinski definition) is 2. The molecule has 0 amide bonds. The third-order valence-electron chi connectivity index (χ3n) is 4.79. The molecule has 0 unspecified atom stereocenters. The number of nitrogens with zero attached hydrogens (tertiary/aromatic N) is 3. The smallest absolute Gasteiger partial charge is 0.419 e. The molecule has 0 saturated carbocycles. The molecule has 1 aliphatic heterocycles. The summed E-state index contributed by atoms with van der Waals surface area (Å²) in [6.45, 7) is 2.66. The summed E-state index contributed by atoms with van der Waals surface area (Å²) < 4.78 is 51.3. The van der Waals surface area contributed by atoms with Gasteiger partial charge < -0.3 is 19.9 Å². The van der Waals surface area contributed by atoms with Crippen LogP contribution in [0.5, 0.6) is 5.75 Å². The zero-order valence-electron chi connectivity index (χ0n) is 16.6. The number of hydrogen-bond acceptors (Lipinski definition) is 5. The van der Waals surface area contributed by atoms with Gasteiger partial charge in [0.05, 0.1) is 5.56 Å². The fourth-order valence-electron chi connectivity index (χ4n) is 3.31. The average Bonchev–Trinajstić information content (AvgIpc) is 3.36. The zero-order valence-corrected chi connectivity index (χ0v) is 16.6. The fraction of sp³-hybridized carbons (Fsp3) is 0.450. The van der Waals surface area contributed by atoms with Gasteiger partial charge in [0.15, 0.2) is 5.96 Å². The number of alkyl halides is 3. The van der Waals surface area contributed by atoms with Crippen LogP contribution in [0.2, 0.25) is 0 Å². The molecule has 7 nitrogen and oxygen atoms in total. The van der Waals surface area contributed by atoms with E-state index in [1.807, 2.05) is 13.0 Å². The van der Waals surface area contributed by atoms with Crippen LogP contribution in [-0.2, 0) is 6.18 Å². The zero-order chi connectivity index (χ0) is 21.7. The minimum absolute atomic E-state index is 0.0419. The second kappa shape index (κ2) is 9.19. The Balaban J connectivity index is 1.83. The predicted octanol–water partition coefficient (Wildman–Crippen LogP) is 4.52. The molecule has 2 aromatic rings. The molecule has 2 heterocycles. The lowest BCUT2D eigenvalue weighted by Crippen LogP contribution is -2.35. The number of nitrogens with two attached hydrogens (primary N) is 1. The lowest BCUT2D eigenvalue weighted by atomic mass is 10.1. The second-order valence-corrected chi connectivity index (χ2v) is 6.97. The van der Waals surface area contributed by atoms with Crippen LogP contribution in [0, 0.1) is 5.41 Å². The van der Waals surface area contributed by atoms with Crippen LogP contribution in [-0.4, -0.2) is 34.2 Å². The molecular formula is C20H24F3N5O2. The van der Waals surface area contributed by atoms with Gasteiger partial charge in [-0.05, 0) is 37.5 Å². The number of ether oxygens (including phenoxy) is 1. The molecule has 1 fully saturated rings. The van der Waals surface area contributed by atoms with Crippen LogP contribution in [0.4, 0.5) is 13.2 Å². The van der Waals surface area contributed by atoms with E-state index in [1.165, 1.54) is 12.1 Å². The van der Waals surface area contributed by atoms with Crippen molar-refractivity contribution in [2.45, 2.75) is 44.8 Å². The molecule has 30 heavy (non-hydrogen) atoms. The Morgan fingerprint density at radius 2 is 2.20 bits per heavy atom. The van der Waals surface area contributed by atoms with Crippen molar-refractivity contribution in [2.24, 2.45) is 5.73 Å². The first kappa shape index (κ1) is 21.7. The Morgan fingerprint density at radius 1 is 1.40 bits per heavy atom. The molecule has 0 spiro atoms. The van der Waals surface area contributed by atoms with Crippen molar-refractivity contribution < 1.29 is 22.4 Å². The van der Waals surface area contributed by atoms with Crippen molar-refractivity contribution >= 4 is 5.96 Å². The summed E-state index contributed by atoms with van der Waals surface area (Å²) in [5, 5.41) is 11.5. The lowest BCUT2D eigenvalue weighted by molar-refractivity contribution is -0.138. The van der Waals surface area contributed by atoms with E-state index in [0.717, 1.165) is 25.3 Å². The third kappa shape index (κ3) is 4.92. The van der Waals surface area contributed by atoms with Gasteiger partial charge in [-0.25, -0.2) is 0 Å². The summed E-state index contributed by atoms with van der Waals surface area (Å²) in [7, 11) is 0. The van der Waals surface area contributed by atoms with Gasteiger partial charge in [-0.2, -0.15) is 18.2 Å². The highest BCUT2D eigenvalue weighted by atomic mass is 19.4. The van der Waals surface area contributed by atoms with E-state index in [0.29, 0.717) is 13.0 Å². The SMILES string of the molecule is CCCC=CCOc1ccc(-c2noc([C@@H]3CCCN3C(=N)N)n2)cc1C(F)(F)F. The Labute approximate surface area is 172 Å². The van der Waals surface area contributed by atoms with E-state index in [-0.39, 0.29) is 41.6 Å². The number of nitrogens with one attached hydrogen (secondary N) is 1. The Kier molecular flexibility index (Phi) is 6.63. The second-order valence-electron chi connectivity index (χ2n) is 6.97. The van der Waals surface area contributed by atoms with Gasteiger partial charge in [-0.3, -0.25) is 5.41 Å². The molecule has 10 heteroatoms. The van der Waals surface area contributed by atoms with Crippen LogP contribution in [0.15, 0.2) is 34.9 Å². The summed E-state index contributed by atoms with van der Waals surface area (Å²) in [5.74, 6) is -0.0892. The summed E-state index contributed by atoms with van der Waals surface area (Å²) >= 11 is 0. The van der Waals surface area contributed by atoms with Crippen molar-refractivity contribution in [2.75, 3.05) is 13.2 Å². The first-order valence-electron chi connectivity index (χ1n) is 9.75. The number of likely N-dealkylation sites (tertiary alicyclic amines) is 1. The van der Waals surface area contributed by atoms with Gasteiger partial charge in [-0.1, -0.05) is 30.7 Å². The molecule has 1 aromatic carbocycles. The Bertz CT molecular complexity index is 910. The van der Waals surface area contributed by atoms with Crippen molar-refractivity contribution in [1.29, 1.82) is 5.41 Å². The fourth-order valence-corrected chi connectivity index (χ4v) is 3.31. The number of rotatable bonds is 7. The molecule has 3 N–H and O–H groups in total. The van der Waals surface area contributed by atoms with E-state index < -0.39 is 11.7 Å². The van der Waals surface area contributed by atoms with E-state index in [4.69, 9.17) is 20.4 Å². The van der Waals surface area contributed by atoms with Gasteiger partial charge in [0.25, 0.3) is 0 Å². The average molecular weight is 423 g/mol. The number of guanidine groups is 1. The molecule has 1 atom stereocenters. The van der Waals surface area contributed by atoms with Crippen LogP contribution in [0.3, 0.4) is 0 Å². The first-order chi connectivity index (χ1) is 14.3. The number of halogens is 3. The third-order valence-corrected chi connectivity index (χ3v) is 4.79. The highest BCUT2D eigenvalue weighted by molar-refractivity contribution is 5.75. The quantitative estimate of drug-likeness (QED) is 0.386. The molecule has 1 aromatic heterocycles.